The van der Waals surface area contributed by atoms with Crippen molar-refractivity contribution in [3.05, 3.63) is 29.2 Å². The maximum absolute atomic E-state index is 12.5. The van der Waals surface area contributed by atoms with E-state index >= 15 is 0 Å². The molecule has 0 aliphatic heterocycles. The Hall–Kier alpha value is -1.50. The summed E-state index contributed by atoms with van der Waals surface area (Å²) in [5.74, 6) is 0.606. The van der Waals surface area contributed by atoms with E-state index in [4.69, 9.17) is 11.6 Å². The summed E-state index contributed by atoms with van der Waals surface area (Å²) in [5, 5.41) is 7.63. The Labute approximate surface area is 106 Å². The first-order valence-corrected chi connectivity index (χ1v) is 5.59. The number of hydrogen-bond donors (Lipinski definition) is 0. The van der Waals surface area contributed by atoms with Crippen molar-refractivity contribution in [1.29, 1.82) is 0 Å². The largest absolute Gasteiger partial charge is 0.435 e. The Morgan fingerprint density at radius 1 is 1.33 bits per heavy atom. The topological polar surface area (TPSA) is 35.6 Å². The van der Waals surface area contributed by atoms with Gasteiger partial charge in [0.15, 0.2) is 11.5 Å². The number of aryl methyl sites for hydroxylation is 2. The first-order valence-electron chi connectivity index (χ1n) is 5.06. The van der Waals surface area contributed by atoms with Crippen LogP contribution in [0.1, 0.15) is 17.0 Å². The number of nitrogens with zero attached hydrogens (tertiary/aromatic N) is 4. The normalized spacial score (nSPS) is 12.1. The van der Waals surface area contributed by atoms with Crippen LogP contribution in [0, 0.1) is 6.92 Å². The second kappa shape index (κ2) is 4.31. The summed E-state index contributed by atoms with van der Waals surface area (Å²) in [5.41, 5.74) is 0.393. The highest BCUT2D eigenvalue weighted by atomic mass is 35.5. The van der Waals surface area contributed by atoms with E-state index in [1.54, 1.807) is 14.0 Å². The van der Waals surface area contributed by atoms with Crippen LogP contribution in [0.15, 0.2) is 12.3 Å². The van der Waals surface area contributed by atoms with Crippen molar-refractivity contribution in [1.82, 2.24) is 19.6 Å². The van der Waals surface area contributed by atoms with Gasteiger partial charge in [-0.2, -0.15) is 23.4 Å². The number of rotatable bonds is 2. The van der Waals surface area contributed by atoms with Crippen molar-refractivity contribution in [2.24, 2.45) is 7.05 Å². The van der Waals surface area contributed by atoms with Gasteiger partial charge in [-0.05, 0) is 13.0 Å². The number of aromatic nitrogens is 4. The molecule has 2 aromatic rings. The van der Waals surface area contributed by atoms with Gasteiger partial charge >= 0.3 is 6.18 Å². The number of halogens is 4. The van der Waals surface area contributed by atoms with Crippen molar-refractivity contribution >= 4 is 11.6 Å². The van der Waals surface area contributed by atoms with Gasteiger partial charge < -0.3 is 0 Å². The molecule has 0 atom stereocenters. The highest BCUT2D eigenvalue weighted by Gasteiger charge is 2.34. The zero-order chi connectivity index (χ0) is 13.5. The van der Waals surface area contributed by atoms with E-state index in [1.807, 2.05) is 0 Å². The maximum Gasteiger partial charge on any atom is 0.435 e. The van der Waals surface area contributed by atoms with Crippen LogP contribution in [0.3, 0.4) is 0 Å². The average Bonchev–Trinajstić information content (AvgIpc) is 2.81. The van der Waals surface area contributed by atoms with E-state index in [2.05, 4.69) is 10.2 Å². The van der Waals surface area contributed by atoms with Crippen LogP contribution in [0.2, 0.25) is 0 Å². The molecule has 2 rings (SSSR count). The lowest BCUT2D eigenvalue weighted by Crippen LogP contribution is -2.10. The number of hydrogen-bond acceptors (Lipinski definition) is 2. The van der Waals surface area contributed by atoms with Crippen LogP contribution in [-0.2, 0) is 19.1 Å². The Kier molecular flexibility index (Phi) is 3.10. The monoisotopic (exact) mass is 278 g/mol. The molecule has 0 saturated heterocycles. The molecule has 0 saturated carbocycles. The molecule has 0 fully saturated rings. The summed E-state index contributed by atoms with van der Waals surface area (Å²) >= 11 is 5.78. The summed E-state index contributed by atoms with van der Waals surface area (Å²) in [6.45, 7) is 1.75. The molecule has 0 N–H and O–H groups in total. The third-order valence-corrected chi connectivity index (χ3v) is 2.81. The summed E-state index contributed by atoms with van der Waals surface area (Å²) < 4.78 is 40.0. The Bertz CT molecular complexity index is 570. The van der Waals surface area contributed by atoms with Crippen LogP contribution in [0.4, 0.5) is 13.2 Å². The minimum atomic E-state index is -4.46. The molecule has 0 bridgehead atoms. The molecule has 0 unspecified atom stereocenters. The van der Waals surface area contributed by atoms with Crippen LogP contribution >= 0.6 is 11.6 Å². The van der Waals surface area contributed by atoms with E-state index in [9.17, 15) is 13.2 Å². The van der Waals surface area contributed by atoms with Gasteiger partial charge in [-0.1, -0.05) is 0 Å². The molecule has 0 aliphatic carbocycles. The average molecular weight is 279 g/mol. The quantitative estimate of drug-likeness (QED) is 0.792. The fraction of sp³-hybridized carbons (Fsp3) is 0.400. The number of alkyl halides is 4. The van der Waals surface area contributed by atoms with Gasteiger partial charge in [-0.15, -0.1) is 11.6 Å². The molecule has 4 nitrogen and oxygen atoms in total. The molecule has 98 valence electrons. The molecule has 2 aromatic heterocycles. The second-order valence-corrected chi connectivity index (χ2v) is 4.06. The zero-order valence-corrected chi connectivity index (χ0v) is 10.4. The van der Waals surface area contributed by atoms with E-state index in [0.717, 1.165) is 10.7 Å². The van der Waals surface area contributed by atoms with Gasteiger partial charge in [0.2, 0.25) is 0 Å². The lowest BCUT2D eigenvalue weighted by molar-refractivity contribution is -0.141. The smallest absolute Gasteiger partial charge is 0.250 e. The molecular weight excluding hydrogens is 269 g/mol. The molecule has 8 heteroatoms. The van der Waals surface area contributed by atoms with Gasteiger partial charge in [0, 0.05) is 18.8 Å². The lowest BCUT2D eigenvalue weighted by atomic mass is 10.3. The predicted molar refractivity (Wildman–Crippen MR) is 59.6 cm³/mol. The maximum atomic E-state index is 12.5. The third kappa shape index (κ3) is 2.10. The summed E-state index contributed by atoms with van der Waals surface area (Å²) in [6, 6.07) is 0.917. The lowest BCUT2D eigenvalue weighted by Gasteiger charge is -2.05. The molecule has 0 amide bonds. The van der Waals surface area contributed by atoms with Crippen LogP contribution < -0.4 is 0 Å². The molecule has 0 radical (unpaired) electrons. The molecule has 18 heavy (non-hydrogen) atoms. The minimum Gasteiger partial charge on any atom is -0.250 e. The van der Waals surface area contributed by atoms with Crippen molar-refractivity contribution in [2.45, 2.75) is 19.0 Å². The third-order valence-electron chi connectivity index (χ3n) is 2.54. The van der Waals surface area contributed by atoms with Gasteiger partial charge in [0.05, 0.1) is 11.6 Å². The minimum absolute atomic E-state index is 0.163. The predicted octanol–water partition coefficient (Wildman–Crippen LogP) is 2.67. The Morgan fingerprint density at radius 2 is 2.00 bits per heavy atom. The second-order valence-electron chi connectivity index (χ2n) is 3.79. The SMILES string of the molecule is Cc1nn(C)c(-n2ccc(C(F)(F)F)n2)c1CCl. The van der Waals surface area contributed by atoms with Crippen LogP contribution in [0.25, 0.3) is 5.82 Å². The van der Waals surface area contributed by atoms with Crippen LogP contribution in [0.5, 0.6) is 0 Å². The fourth-order valence-electron chi connectivity index (χ4n) is 1.73. The summed E-state index contributed by atoms with van der Waals surface area (Å²) in [6.07, 6.45) is -3.21. The standard InChI is InChI=1S/C10H10ClF3N4/c1-6-7(5-11)9(17(2)15-6)18-4-3-8(16-18)10(12,13)14/h3-4H,5H2,1-2H3. The van der Waals surface area contributed by atoms with Crippen molar-refractivity contribution in [3.8, 4) is 5.82 Å². The summed E-state index contributed by atoms with van der Waals surface area (Å²) in [7, 11) is 1.63. The highest BCUT2D eigenvalue weighted by molar-refractivity contribution is 6.17. The molecule has 0 aliphatic rings. The van der Waals surface area contributed by atoms with Gasteiger partial charge in [0.25, 0.3) is 0 Å². The summed E-state index contributed by atoms with van der Waals surface area (Å²) in [4.78, 5) is 0. The first-order chi connectivity index (χ1) is 8.34. The van der Waals surface area contributed by atoms with Crippen molar-refractivity contribution in [3.63, 3.8) is 0 Å². The van der Waals surface area contributed by atoms with Crippen molar-refractivity contribution < 1.29 is 13.2 Å². The molecule has 2 heterocycles. The molecular formula is C10H10ClF3N4. The van der Waals surface area contributed by atoms with Crippen LogP contribution in [-0.4, -0.2) is 19.6 Å². The highest BCUT2D eigenvalue weighted by Crippen LogP contribution is 2.28. The zero-order valence-electron chi connectivity index (χ0n) is 9.66. The molecule has 0 aromatic carbocycles. The van der Waals surface area contributed by atoms with E-state index in [-0.39, 0.29) is 5.88 Å². The first kappa shape index (κ1) is 12.9. The van der Waals surface area contributed by atoms with E-state index < -0.39 is 11.9 Å². The van der Waals surface area contributed by atoms with Gasteiger partial charge in [-0.25, -0.2) is 4.68 Å². The fourth-order valence-corrected chi connectivity index (χ4v) is 2.04. The van der Waals surface area contributed by atoms with E-state index in [0.29, 0.717) is 17.1 Å². The Balaban J connectivity index is 2.53. The van der Waals surface area contributed by atoms with Gasteiger partial charge in [0.1, 0.15) is 0 Å². The van der Waals surface area contributed by atoms with E-state index in [1.165, 1.54) is 10.9 Å². The Morgan fingerprint density at radius 3 is 2.50 bits per heavy atom. The molecule has 0 spiro atoms. The van der Waals surface area contributed by atoms with Gasteiger partial charge in [-0.3, -0.25) is 4.68 Å². The van der Waals surface area contributed by atoms with Crippen molar-refractivity contribution in [2.75, 3.05) is 0 Å².